The predicted octanol–water partition coefficient (Wildman–Crippen LogP) is 4.44. The average molecular weight is 555 g/mol. The fourth-order valence-corrected chi connectivity index (χ4v) is 6.03. The lowest BCUT2D eigenvalue weighted by Gasteiger charge is -2.38. The number of nitrogens with one attached hydrogen (secondary N) is 2. The van der Waals surface area contributed by atoms with Crippen LogP contribution in [0.4, 0.5) is 4.79 Å². The number of piperidine rings is 1. The number of likely N-dealkylation sites (tertiary alicyclic amines) is 1. The van der Waals surface area contributed by atoms with Crippen LogP contribution >= 0.6 is 12.4 Å². The average Bonchev–Trinajstić information content (AvgIpc) is 3.57. The molecule has 4 amide bonds. The van der Waals surface area contributed by atoms with Gasteiger partial charge >= 0.3 is 6.03 Å². The molecule has 2 aromatic rings. The normalized spacial score (nSPS) is 20.0. The number of benzene rings is 2. The summed E-state index contributed by atoms with van der Waals surface area (Å²) in [6.07, 6.45) is 6.21. The van der Waals surface area contributed by atoms with Gasteiger partial charge in [-0.15, -0.1) is 12.4 Å². The second-order valence-electron chi connectivity index (χ2n) is 10.8. The summed E-state index contributed by atoms with van der Waals surface area (Å²) >= 11 is 0. The molecule has 1 unspecified atom stereocenters. The summed E-state index contributed by atoms with van der Waals surface area (Å²) in [5, 5.41) is 6.33. The van der Waals surface area contributed by atoms with Gasteiger partial charge in [0.15, 0.2) is 0 Å². The second-order valence-corrected chi connectivity index (χ2v) is 10.8. The molecule has 5 rings (SSSR count). The van der Waals surface area contributed by atoms with Gasteiger partial charge in [0.05, 0.1) is 19.7 Å². The van der Waals surface area contributed by atoms with E-state index in [0.717, 1.165) is 68.6 Å². The molecule has 3 aliphatic rings. The third-order valence-corrected chi connectivity index (χ3v) is 8.43. The number of hydrogen-bond acceptors (Lipinski definition) is 5. The van der Waals surface area contributed by atoms with Gasteiger partial charge in [0.25, 0.3) is 5.91 Å². The van der Waals surface area contributed by atoms with Crippen LogP contribution in [-0.4, -0.2) is 59.9 Å². The van der Waals surface area contributed by atoms with Crippen LogP contribution in [0.2, 0.25) is 0 Å². The zero-order valence-electron chi connectivity index (χ0n) is 22.6. The molecular formula is C30H39ClN4O4. The summed E-state index contributed by atoms with van der Waals surface area (Å²) in [7, 11) is 1.61. The number of amides is 4. The Kier molecular flexibility index (Phi) is 9.51. The molecule has 2 N–H and O–H groups in total. The number of halogens is 1. The van der Waals surface area contributed by atoms with Crippen molar-refractivity contribution in [2.45, 2.75) is 63.1 Å². The topological polar surface area (TPSA) is 91.0 Å². The molecule has 1 aliphatic carbocycles. The summed E-state index contributed by atoms with van der Waals surface area (Å²) < 4.78 is 5.20. The van der Waals surface area contributed by atoms with Crippen LogP contribution in [0.5, 0.6) is 5.75 Å². The fourth-order valence-electron chi connectivity index (χ4n) is 6.03. The largest absolute Gasteiger partial charge is 0.497 e. The van der Waals surface area contributed by atoms with E-state index in [4.69, 9.17) is 4.74 Å². The molecule has 2 saturated heterocycles. The van der Waals surface area contributed by atoms with Crippen LogP contribution in [-0.2, 0) is 16.1 Å². The Hall–Kier alpha value is -3.10. The van der Waals surface area contributed by atoms with Crippen molar-refractivity contribution in [3.63, 3.8) is 0 Å². The minimum Gasteiger partial charge on any atom is -0.497 e. The molecule has 0 radical (unpaired) electrons. The molecule has 210 valence electrons. The molecule has 3 fully saturated rings. The molecule has 0 aromatic heterocycles. The smallest absolute Gasteiger partial charge is 0.325 e. The van der Waals surface area contributed by atoms with Gasteiger partial charge in [-0.05, 0) is 55.4 Å². The van der Waals surface area contributed by atoms with Crippen molar-refractivity contribution in [1.29, 1.82) is 0 Å². The van der Waals surface area contributed by atoms with Gasteiger partial charge in [-0.25, -0.2) is 4.79 Å². The highest BCUT2D eigenvalue weighted by molar-refractivity contribution is 6.07. The maximum atomic E-state index is 13.4. The first kappa shape index (κ1) is 28.9. The van der Waals surface area contributed by atoms with E-state index >= 15 is 0 Å². The van der Waals surface area contributed by atoms with Crippen molar-refractivity contribution >= 4 is 30.3 Å². The summed E-state index contributed by atoms with van der Waals surface area (Å²) in [6, 6.07) is 17.2. The van der Waals surface area contributed by atoms with Gasteiger partial charge in [-0.2, -0.15) is 0 Å². The maximum absolute atomic E-state index is 13.4. The minimum absolute atomic E-state index is 0. The molecule has 2 aromatic carbocycles. The third-order valence-electron chi connectivity index (χ3n) is 8.43. The Bertz CT molecular complexity index is 1130. The zero-order valence-corrected chi connectivity index (χ0v) is 23.4. The van der Waals surface area contributed by atoms with Gasteiger partial charge in [-0.1, -0.05) is 55.3 Å². The van der Waals surface area contributed by atoms with Gasteiger partial charge in [0.2, 0.25) is 5.91 Å². The lowest BCUT2D eigenvalue weighted by atomic mass is 9.87. The lowest BCUT2D eigenvalue weighted by molar-refractivity contribution is -0.133. The van der Waals surface area contributed by atoms with Crippen LogP contribution in [0.3, 0.4) is 0 Å². The second kappa shape index (κ2) is 12.8. The zero-order chi connectivity index (χ0) is 26.5. The number of carbonyl (C=O) groups excluding carboxylic acids is 3. The Labute approximate surface area is 236 Å². The molecular weight excluding hydrogens is 516 g/mol. The Morgan fingerprint density at radius 1 is 1.05 bits per heavy atom. The standard InChI is InChI=1S/C30H38N4O4.ClH/c1-38-25-13-11-22(12-14-25)21-34-28(36)30(32-29(34)37)16-19-33(20-17-30)18-15-26(23-7-3-2-4-8-23)31-27(35)24-9-5-6-10-24;/h2-4,7-8,11-14,24,26H,5-6,9-10,15-21H2,1H3,(H,31,35)(H,32,37);1H. The van der Waals surface area contributed by atoms with Crippen LogP contribution in [0, 0.1) is 5.92 Å². The van der Waals surface area contributed by atoms with Crippen LogP contribution < -0.4 is 15.4 Å². The van der Waals surface area contributed by atoms with Gasteiger partial charge < -0.3 is 20.3 Å². The molecule has 2 heterocycles. The minimum atomic E-state index is -0.824. The van der Waals surface area contributed by atoms with Crippen molar-refractivity contribution < 1.29 is 19.1 Å². The van der Waals surface area contributed by atoms with Crippen LogP contribution in [0.1, 0.15) is 62.1 Å². The van der Waals surface area contributed by atoms with Crippen molar-refractivity contribution in [2.24, 2.45) is 5.92 Å². The molecule has 1 spiro atoms. The molecule has 1 atom stereocenters. The van der Waals surface area contributed by atoms with Crippen molar-refractivity contribution in [3.8, 4) is 5.75 Å². The highest BCUT2D eigenvalue weighted by Crippen LogP contribution is 2.32. The number of carbonyl (C=O) groups is 3. The number of hydrogen-bond donors (Lipinski definition) is 2. The quantitative estimate of drug-likeness (QED) is 0.447. The highest BCUT2D eigenvalue weighted by atomic mass is 35.5. The van der Waals surface area contributed by atoms with E-state index in [2.05, 4.69) is 27.7 Å². The van der Waals surface area contributed by atoms with Crippen molar-refractivity contribution in [3.05, 3.63) is 65.7 Å². The molecule has 2 aliphatic heterocycles. The Morgan fingerprint density at radius 2 is 1.72 bits per heavy atom. The van der Waals surface area contributed by atoms with E-state index in [9.17, 15) is 14.4 Å². The summed E-state index contributed by atoms with van der Waals surface area (Å²) in [5.74, 6) is 0.908. The lowest BCUT2D eigenvalue weighted by Crippen LogP contribution is -2.55. The summed E-state index contributed by atoms with van der Waals surface area (Å²) in [4.78, 5) is 42.7. The van der Waals surface area contributed by atoms with Gasteiger partial charge in [0.1, 0.15) is 11.3 Å². The van der Waals surface area contributed by atoms with Crippen LogP contribution in [0.15, 0.2) is 54.6 Å². The molecule has 1 saturated carbocycles. The summed E-state index contributed by atoms with van der Waals surface area (Å²) in [6.45, 7) is 2.51. The molecule has 8 nitrogen and oxygen atoms in total. The Balaban J connectivity index is 0.00000353. The van der Waals surface area contributed by atoms with E-state index < -0.39 is 5.54 Å². The van der Waals surface area contributed by atoms with Crippen LogP contribution in [0.25, 0.3) is 0 Å². The van der Waals surface area contributed by atoms with E-state index in [1.165, 1.54) is 4.90 Å². The number of rotatable bonds is 9. The molecule has 39 heavy (non-hydrogen) atoms. The number of methoxy groups -OCH3 is 1. The molecule has 9 heteroatoms. The first-order valence-corrected chi connectivity index (χ1v) is 13.8. The predicted molar refractivity (Wildman–Crippen MR) is 152 cm³/mol. The van der Waals surface area contributed by atoms with Crippen molar-refractivity contribution in [2.75, 3.05) is 26.7 Å². The maximum Gasteiger partial charge on any atom is 0.325 e. The van der Waals surface area contributed by atoms with Gasteiger partial charge in [0, 0.05) is 25.6 Å². The van der Waals surface area contributed by atoms with Gasteiger partial charge in [-0.3, -0.25) is 14.5 Å². The SMILES string of the molecule is COc1ccc(CN2C(=O)NC3(CCN(CCC(NC(=O)C4CCCC4)c4ccccc4)CC3)C2=O)cc1.Cl. The number of ether oxygens (including phenoxy) is 1. The van der Waals surface area contributed by atoms with Crippen molar-refractivity contribution in [1.82, 2.24) is 20.4 Å². The van der Waals surface area contributed by atoms with E-state index in [-0.39, 0.29) is 48.8 Å². The summed E-state index contributed by atoms with van der Waals surface area (Å²) in [5.41, 5.74) is 1.19. The fraction of sp³-hybridized carbons (Fsp3) is 0.500. The number of imide groups is 1. The van der Waals surface area contributed by atoms with E-state index in [1.807, 2.05) is 42.5 Å². The van der Waals surface area contributed by atoms with E-state index in [0.29, 0.717) is 12.8 Å². The third kappa shape index (κ3) is 6.56. The highest BCUT2D eigenvalue weighted by Gasteiger charge is 2.52. The van der Waals surface area contributed by atoms with E-state index in [1.54, 1.807) is 7.11 Å². The molecule has 0 bridgehead atoms. The number of nitrogens with zero attached hydrogens (tertiary/aromatic N) is 2. The first-order valence-electron chi connectivity index (χ1n) is 13.8. The monoisotopic (exact) mass is 554 g/mol. The number of urea groups is 1. The Morgan fingerprint density at radius 3 is 2.36 bits per heavy atom. The first-order chi connectivity index (χ1) is 18.5.